The van der Waals surface area contributed by atoms with Gasteiger partial charge in [0, 0.05) is 41.3 Å². The maximum atomic E-state index is 13.0. The molecule has 1 heterocycles. The molecule has 144 valence electrons. The van der Waals surface area contributed by atoms with Crippen LogP contribution in [0, 0.1) is 0 Å². The Morgan fingerprint density at radius 3 is 2.46 bits per heavy atom. The first-order valence-electron chi connectivity index (χ1n) is 8.36. The van der Waals surface area contributed by atoms with Gasteiger partial charge in [-0.2, -0.15) is 0 Å². The van der Waals surface area contributed by atoms with Gasteiger partial charge in [0.25, 0.3) is 12.3 Å². The molecule has 0 aromatic heterocycles. The fourth-order valence-corrected chi connectivity index (χ4v) is 3.18. The zero-order valence-electron chi connectivity index (χ0n) is 15.3. The molecule has 1 aromatic carbocycles. The topological polar surface area (TPSA) is 49.9 Å². The minimum absolute atomic E-state index is 0.210. The number of hydrogen-bond donors (Lipinski definition) is 0. The maximum Gasteiger partial charge on any atom is 0.410 e. The second-order valence-electron chi connectivity index (χ2n) is 7.31. The predicted octanol–water partition coefficient (Wildman–Crippen LogP) is 4.47. The number of piperazine rings is 1. The lowest BCUT2D eigenvalue weighted by atomic mass is 10.1. The van der Waals surface area contributed by atoms with Gasteiger partial charge < -0.3 is 14.5 Å². The first-order valence-corrected chi connectivity index (χ1v) is 9.15. The second kappa shape index (κ2) is 7.90. The molecule has 0 radical (unpaired) electrons. The van der Waals surface area contributed by atoms with Crippen LogP contribution in [0.4, 0.5) is 13.6 Å². The van der Waals surface area contributed by atoms with E-state index in [9.17, 15) is 18.4 Å². The number of amides is 2. The molecule has 8 heteroatoms. The van der Waals surface area contributed by atoms with E-state index in [0.717, 1.165) is 0 Å². The van der Waals surface area contributed by atoms with E-state index in [1.807, 2.05) is 6.92 Å². The Labute approximate surface area is 160 Å². The quantitative estimate of drug-likeness (QED) is 0.692. The molecule has 2 amide bonds. The molecule has 0 spiro atoms. The van der Waals surface area contributed by atoms with E-state index >= 15 is 0 Å². The van der Waals surface area contributed by atoms with Crippen LogP contribution in [-0.4, -0.2) is 53.1 Å². The Bertz CT molecular complexity index is 692. The van der Waals surface area contributed by atoms with Gasteiger partial charge in [-0.25, -0.2) is 13.6 Å². The highest BCUT2D eigenvalue weighted by Gasteiger charge is 2.33. The third-order valence-corrected chi connectivity index (χ3v) is 4.74. The van der Waals surface area contributed by atoms with Crippen molar-refractivity contribution in [1.29, 1.82) is 0 Å². The molecule has 1 aliphatic rings. The van der Waals surface area contributed by atoms with Crippen molar-refractivity contribution in [3.05, 3.63) is 33.8 Å². The van der Waals surface area contributed by atoms with Crippen molar-refractivity contribution in [2.45, 2.75) is 45.8 Å². The average Bonchev–Trinajstić information content (AvgIpc) is 2.52. The average molecular weight is 433 g/mol. The van der Waals surface area contributed by atoms with Gasteiger partial charge in [-0.3, -0.25) is 4.79 Å². The smallest absolute Gasteiger partial charge is 0.410 e. The van der Waals surface area contributed by atoms with Crippen LogP contribution in [0.2, 0.25) is 0 Å². The van der Waals surface area contributed by atoms with Crippen LogP contribution in [0.5, 0.6) is 0 Å². The lowest BCUT2D eigenvalue weighted by Gasteiger charge is -2.40. The number of halogens is 3. The number of ether oxygens (including phenoxy) is 1. The van der Waals surface area contributed by atoms with Gasteiger partial charge in [0.2, 0.25) is 0 Å². The predicted molar refractivity (Wildman–Crippen MR) is 97.4 cm³/mol. The summed E-state index contributed by atoms with van der Waals surface area (Å²) in [6, 6.07) is 3.95. The molecule has 1 fully saturated rings. The van der Waals surface area contributed by atoms with Gasteiger partial charge in [0.1, 0.15) is 5.60 Å². The highest BCUT2D eigenvalue weighted by atomic mass is 79.9. The number of rotatable bonds is 2. The fourth-order valence-electron chi connectivity index (χ4n) is 2.76. The zero-order chi connectivity index (χ0) is 19.6. The summed E-state index contributed by atoms with van der Waals surface area (Å²) in [5, 5.41) is 0. The molecule has 0 aliphatic carbocycles. The molecule has 26 heavy (non-hydrogen) atoms. The van der Waals surface area contributed by atoms with Gasteiger partial charge in [-0.1, -0.05) is 15.9 Å². The molecule has 5 nitrogen and oxygen atoms in total. The highest BCUT2D eigenvalue weighted by molar-refractivity contribution is 9.10. The molecule has 0 bridgehead atoms. The Morgan fingerprint density at radius 2 is 1.92 bits per heavy atom. The van der Waals surface area contributed by atoms with E-state index in [2.05, 4.69) is 15.9 Å². The Kier molecular flexibility index (Phi) is 6.26. The van der Waals surface area contributed by atoms with E-state index in [0.29, 0.717) is 19.6 Å². The Hall–Kier alpha value is -1.70. The van der Waals surface area contributed by atoms with Crippen LogP contribution in [0.25, 0.3) is 0 Å². The Balaban J connectivity index is 2.08. The minimum Gasteiger partial charge on any atom is -0.444 e. The number of alkyl halides is 2. The molecule has 1 aliphatic heterocycles. The van der Waals surface area contributed by atoms with Crippen LogP contribution >= 0.6 is 15.9 Å². The molecule has 0 unspecified atom stereocenters. The van der Waals surface area contributed by atoms with Crippen molar-refractivity contribution in [2.75, 3.05) is 19.6 Å². The number of benzene rings is 1. The first kappa shape index (κ1) is 20.6. The van der Waals surface area contributed by atoms with Gasteiger partial charge in [0.05, 0.1) is 0 Å². The van der Waals surface area contributed by atoms with Gasteiger partial charge in [-0.15, -0.1) is 0 Å². The molecular weight excluding hydrogens is 410 g/mol. The molecule has 2 rings (SSSR count). The standard InChI is InChI=1S/C18H23BrF2N2O3/c1-11-10-22(7-8-23(11)17(25)26-18(2,3)4)16(24)12-5-6-14(19)13(9-12)15(20)21/h5-6,9,11,15H,7-8,10H2,1-4H3/t11-/m1/s1. The molecule has 1 saturated heterocycles. The summed E-state index contributed by atoms with van der Waals surface area (Å²) < 4.78 is 31.7. The summed E-state index contributed by atoms with van der Waals surface area (Å²) in [5.74, 6) is -0.324. The zero-order valence-corrected chi connectivity index (χ0v) is 16.8. The molecular formula is C18H23BrF2N2O3. The maximum absolute atomic E-state index is 13.0. The van der Waals surface area contributed by atoms with E-state index in [-0.39, 0.29) is 27.5 Å². The van der Waals surface area contributed by atoms with Crippen molar-refractivity contribution < 1.29 is 23.1 Å². The van der Waals surface area contributed by atoms with E-state index in [4.69, 9.17) is 4.74 Å². The third-order valence-electron chi connectivity index (χ3n) is 4.02. The van der Waals surface area contributed by atoms with E-state index < -0.39 is 18.1 Å². The summed E-state index contributed by atoms with van der Waals surface area (Å²) in [4.78, 5) is 28.1. The van der Waals surface area contributed by atoms with Crippen molar-refractivity contribution in [3.63, 3.8) is 0 Å². The lowest BCUT2D eigenvalue weighted by Crippen LogP contribution is -2.56. The highest BCUT2D eigenvalue weighted by Crippen LogP contribution is 2.29. The summed E-state index contributed by atoms with van der Waals surface area (Å²) in [6.07, 6.45) is -3.08. The van der Waals surface area contributed by atoms with Crippen molar-refractivity contribution in [2.24, 2.45) is 0 Å². The summed E-state index contributed by atoms with van der Waals surface area (Å²) in [6.45, 7) is 8.19. The second-order valence-corrected chi connectivity index (χ2v) is 8.17. The van der Waals surface area contributed by atoms with E-state index in [1.54, 1.807) is 30.6 Å². The SMILES string of the molecule is C[C@@H]1CN(C(=O)c2ccc(Br)c(C(F)F)c2)CCN1C(=O)OC(C)(C)C. The number of carbonyl (C=O) groups excluding carboxylic acids is 2. The van der Waals surface area contributed by atoms with Crippen LogP contribution in [0.15, 0.2) is 22.7 Å². The fraction of sp³-hybridized carbons (Fsp3) is 0.556. The number of nitrogens with zero attached hydrogens (tertiary/aromatic N) is 2. The van der Waals surface area contributed by atoms with E-state index in [1.165, 1.54) is 18.2 Å². The van der Waals surface area contributed by atoms with Crippen LogP contribution < -0.4 is 0 Å². The third kappa shape index (κ3) is 4.93. The largest absolute Gasteiger partial charge is 0.444 e. The van der Waals surface area contributed by atoms with Crippen LogP contribution in [0.1, 0.15) is 50.0 Å². The van der Waals surface area contributed by atoms with Crippen molar-refractivity contribution in [1.82, 2.24) is 9.80 Å². The minimum atomic E-state index is -2.67. The lowest BCUT2D eigenvalue weighted by molar-refractivity contribution is 0.00197. The van der Waals surface area contributed by atoms with Crippen LogP contribution in [0.3, 0.4) is 0 Å². The number of hydrogen-bond acceptors (Lipinski definition) is 3. The summed E-state index contributed by atoms with van der Waals surface area (Å²) in [7, 11) is 0. The van der Waals surface area contributed by atoms with Crippen LogP contribution in [-0.2, 0) is 4.74 Å². The Morgan fingerprint density at radius 1 is 1.27 bits per heavy atom. The monoisotopic (exact) mass is 432 g/mol. The van der Waals surface area contributed by atoms with Gasteiger partial charge >= 0.3 is 6.09 Å². The number of carbonyl (C=O) groups is 2. The van der Waals surface area contributed by atoms with Crippen molar-refractivity contribution >= 4 is 27.9 Å². The molecule has 0 saturated carbocycles. The van der Waals surface area contributed by atoms with Gasteiger partial charge in [-0.05, 0) is 45.9 Å². The summed E-state index contributed by atoms with van der Waals surface area (Å²) in [5.41, 5.74) is -0.593. The normalized spacial score (nSPS) is 18.2. The molecule has 0 N–H and O–H groups in total. The van der Waals surface area contributed by atoms with Gasteiger partial charge in [0.15, 0.2) is 0 Å². The first-order chi connectivity index (χ1) is 12.0. The molecule has 1 aromatic rings. The summed E-state index contributed by atoms with van der Waals surface area (Å²) >= 11 is 3.07. The van der Waals surface area contributed by atoms with Crippen molar-refractivity contribution in [3.8, 4) is 0 Å². The molecule has 1 atom stereocenters.